The number of halogens is 2. The van der Waals surface area contributed by atoms with Gasteiger partial charge in [-0.05, 0) is 19.1 Å². The highest BCUT2D eigenvalue weighted by Crippen LogP contribution is 2.23. The molecule has 0 unspecified atom stereocenters. The van der Waals surface area contributed by atoms with Gasteiger partial charge >= 0.3 is 0 Å². The molecule has 1 N–H and O–H groups in total. The Kier molecular flexibility index (Phi) is 6.57. The van der Waals surface area contributed by atoms with Gasteiger partial charge in [0.2, 0.25) is 5.91 Å². The van der Waals surface area contributed by atoms with E-state index in [-0.39, 0.29) is 23.7 Å². The van der Waals surface area contributed by atoms with Crippen LogP contribution in [0.4, 0.5) is 4.39 Å². The summed E-state index contributed by atoms with van der Waals surface area (Å²) >= 11 is 5.80. The molecule has 21 heavy (non-hydrogen) atoms. The van der Waals surface area contributed by atoms with Crippen molar-refractivity contribution < 1.29 is 22.3 Å². The van der Waals surface area contributed by atoms with Crippen molar-refractivity contribution in [1.29, 1.82) is 0 Å². The summed E-state index contributed by atoms with van der Waals surface area (Å²) < 4.78 is 42.7. The topological polar surface area (TPSA) is 72.5 Å². The molecule has 0 aliphatic rings. The molecule has 1 amide bonds. The van der Waals surface area contributed by atoms with E-state index >= 15 is 0 Å². The number of benzene rings is 1. The van der Waals surface area contributed by atoms with Gasteiger partial charge in [-0.1, -0.05) is 17.7 Å². The van der Waals surface area contributed by atoms with Crippen LogP contribution < -0.4 is 5.32 Å². The fourth-order valence-electron chi connectivity index (χ4n) is 1.58. The molecule has 1 aromatic carbocycles. The molecule has 0 saturated carbocycles. The van der Waals surface area contributed by atoms with Crippen LogP contribution in [0, 0.1) is 5.82 Å². The second-order valence-corrected chi connectivity index (χ2v) is 7.16. The average molecular weight is 338 g/mol. The summed E-state index contributed by atoms with van der Waals surface area (Å²) in [5.41, 5.74) is -0.129. The van der Waals surface area contributed by atoms with Crippen molar-refractivity contribution in [2.75, 3.05) is 20.3 Å². The Hall–Kier alpha value is -1.18. The van der Waals surface area contributed by atoms with Gasteiger partial charge in [-0.25, -0.2) is 12.8 Å². The predicted molar refractivity (Wildman–Crippen MR) is 78.4 cm³/mol. The Morgan fingerprint density at radius 2 is 2.14 bits per heavy atom. The first kappa shape index (κ1) is 17.9. The van der Waals surface area contributed by atoms with Crippen molar-refractivity contribution >= 4 is 27.3 Å². The van der Waals surface area contributed by atoms with E-state index in [1.54, 1.807) is 0 Å². The first-order chi connectivity index (χ1) is 9.79. The lowest BCUT2D eigenvalue weighted by Gasteiger charge is -2.14. The maximum Gasteiger partial charge on any atom is 0.238 e. The number of carbonyl (C=O) groups excluding carboxylic acids is 1. The Labute approximate surface area is 128 Å². The van der Waals surface area contributed by atoms with E-state index in [0.29, 0.717) is 0 Å². The van der Waals surface area contributed by atoms with Crippen LogP contribution in [-0.2, 0) is 25.1 Å². The Morgan fingerprint density at radius 1 is 1.48 bits per heavy atom. The van der Waals surface area contributed by atoms with Crippen LogP contribution >= 0.6 is 11.6 Å². The van der Waals surface area contributed by atoms with Gasteiger partial charge in [-0.15, -0.1) is 0 Å². The zero-order chi connectivity index (χ0) is 16.0. The second-order valence-electron chi connectivity index (χ2n) is 4.43. The SMILES string of the molecule is COCCNC(=O)[C@H](C)S(=O)(=O)Cc1c(F)cccc1Cl. The maximum atomic E-state index is 13.6. The minimum absolute atomic E-state index is 0.0190. The summed E-state index contributed by atoms with van der Waals surface area (Å²) in [5, 5.41) is 1.15. The highest BCUT2D eigenvalue weighted by molar-refractivity contribution is 7.92. The first-order valence-electron chi connectivity index (χ1n) is 6.20. The largest absolute Gasteiger partial charge is 0.383 e. The Balaban J connectivity index is 2.83. The van der Waals surface area contributed by atoms with Crippen molar-refractivity contribution in [2.45, 2.75) is 17.9 Å². The molecule has 1 aromatic rings. The fourth-order valence-corrected chi connectivity index (χ4v) is 3.24. The highest BCUT2D eigenvalue weighted by Gasteiger charge is 2.29. The minimum Gasteiger partial charge on any atom is -0.383 e. The van der Waals surface area contributed by atoms with Crippen LogP contribution in [0.15, 0.2) is 18.2 Å². The number of hydrogen-bond acceptors (Lipinski definition) is 4. The third-order valence-corrected chi connectivity index (χ3v) is 5.26. The lowest BCUT2D eigenvalue weighted by molar-refractivity contribution is -0.120. The minimum atomic E-state index is -3.87. The third kappa shape index (κ3) is 4.94. The lowest BCUT2D eigenvalue weighted by atomic mass is 10.2. The summed E-state index contributed by atoms with van der Waals surface area (Å²) in [6.45, 7) is 1.74. The molecule has 0 spiro atoms. The number of sulfone groups is 1. The third-order valence-electron chi connectivity index (χ3n) is 2.92. The fraction of sp³-hybridized carbons (Fsp3) is 0.462. The van der Waals surface area contributed by atoms with Gasteiger partial charge in [0.05, 0.1) is 12.4 Å². The Bertz CT molecular complexity index is 586. The number of amides is 1. The molecule has 1 atom stereocenters. The van der Waals surface area contributed by atoms with Gasteiger partial charge in [0.15, 0.2) is 9.84 Å². The number of ether oxygens (including phenoxy) is 1. The summed E-state index contributed by atoms with van der Waals surface area (Å²) in [5.74, 6) is -1.99. The monoisotopic (exact) mass is 337 g/mol. The van der Waals surface area contributed by atoms with E-state index in [0.717, 1.165) is 6.07 Å². The number of hydrogen-bond donors (Lipinski definition) is 1. The summed E-state index contributed by atoms with van der Waals surface area (Å²) in [6.07, 6.45) is 0. The van der Waals surface area contributed by atoms with Gasteiger partial charge < -0.3 is 10.1 Å². The van der Waals surface area contributed by atoms with Crippen LogP contribution in [0.25, 0.3) is 0 Å². The van der Waals surface area contributed by atoms with E-state index in [1.165, 1.54) is 26.2 Å². The van der Waals surface area contributed by atoms with Crippen molar-refractivity contribution in [1.82, 2.24) is 5.32 Å². The molecule has 0 aliphatic carbocycles. The van der Waals surface area contributed by atoms with Gasteiger partial charge in [-0.2, -0.15) is 0 Å². The Morgan fingerprint density at radius 3 is 2.71 bits per heavy atom. The summed E-state index contributed by atoms with van der Waals surface area (Å²) in [7, 11) is -2.41. The molecule has 118 valence electrons. The number of carbonyl (C=O) groups is 1. The summed E-state index contributed by atoms with van der Waals surface area (Å²) in [4.78, 5) is 11.8. The lowest BCUT2D eigenvalue weighted by Crippen LogP contribution is -2.39. The quantitative estimate of drug-likeness (QED) is 0.766. The average Bonchev–Trinajstić information content (AvgIpc) is 2.42. The van der Waals surface area contributed by atoms with E-state index in [4.69, 9.17) is 16.3 Å². The van der Waals surface area contributed by atoms with E-state index in [2.05, 4.69) is 5.32 Å². The van der Waals surface area contributed by atoms with E-state index < -0.39 is 32.6 Å². The summed E-state index contributed by atoms with van der Waals surface area (Å²) in [6, 6.07) is 3.91. The number of nitrogens with one attached hydrogen (secondary N) is 1. The van der Waals surface area contributed by atoms with Crippen molar-refractivity contribution in [2.24, 2.45) is 0 Å². The molecular formula is C13H17ClFNO4S. The van der Waals surface area contributed by atoms with Gasteiger partial charge in [0, 0.05) is 24.2 Å². The van der Waals surface area contributed by atoms with Crippen LogP contribution in [0.3, 0.4) is 0 Å². The standard InChI is InChI=1S/C13H17ClFNO4S/c1-9(13(17)16-6-7-20-2)21(18,19)8-10-11(14)4-3-5-12(10)15/h3-5,9H,6-8H2,1-2H3,(H,16,17)/t9-/m0/s1. The maximum absolute atomic E-state index is 13.6. The normalized spacial score (nSPS) is 13.0. The van der Waals surface area contributed by atoms with E-state index in [1.807, 2.05) is 0 Å². The molecule has 0 fully saturated rings. The first-order valence-corrected chi connectivity index (χ1v) is 8.30. The van der Waals surface area contributed by atoms with Crippen LogP contribution in [0.1, 0.15) is 12.5 Å². The van der Waals surface area contributed by atoms with Crippen LogP contribution in [0.2, 0.25) is 5.02 Å². The predicted octanol–water partition coefficient (Wildman–Crippen LogP) is 1.54. The molecule has 1 rings (SSSR count). The molecule has 0 aromatic heterocycles. The van der Waals surface area contributed by atoms with Gasteiger partial charge in [0.25, 0.3) is 0 Å². The second kappa shape index (κ2) is 7.72. The van der Waals surface area contributed by atoms with Crippen molar-refractivity contribution in [3.63, 3.8) is 0 Å². The molecule has 0 heterocycles. The number of rotatable bonds is 7. The zero-order valence-electron chi connectivity index (χ0n) is 11.7. The van der Waals surface area contributed by atoms with E-state index in [9.17, 15) is 17.6 Å². The molecular weight excluding hydrogens is 321 g/mol. The molecule has 5 nitrogen and oxygen atoms in total. The van der Waals surface area contributed by atoms with Crippen molar-refractivity contribution in [3.05, 3.63) is 34.6 Å². The molecule has 0 bridgehead atoms. The highest BCUT2D eigenvalue weighted by atomic mass is 35.5. The van der Waals surface area contributed by atoms with Gasteiger partial charge in [0.1, 0.15) is 11.1 Å². The smallest absolute Gasteiger partial charge is 0.238 e. The molecule has 0 saturated heterocycles. The number of methoxy groups -OCH3 is 1. The van der Waals surface area contributed by atoms with Crippen LogP contribution in [0.5, 0.6) is 0 Å². The molecule has 8 heteroatoms. The van der Waals surface area contributed by atoms with Crippen molar-refractivity contribution in [3.8, 4) is 0 Å². The van der Waals surface area contributed by atoms with Crippen LogP contribution in [-0.4, -0.2) is 39.8 Å². The molecule has 0 radical (unpaired) electrons. The van der Waals surface area contributed by atoms with Gasteiger partial charge in [-0.3, -0.25) is 4.79 Å². The molecule has 0 aliphatic heterocycles. The zero-order valence-corrected chi connectivity index (χ0v) is 13.3.